The SMILES string of the molecule is Cc1cnccc1[NH+]([O-])O. The highest BCUT2D eigenvalue weighted by molar-refractivity contribution is 5.34. The molecule has 0 spiro atoms. The third-order valence-electron chi connectivity index (χ3n) is 1.25. The van der Waals surface area contributed by atoms with Crippen LogP contribution in [0.25, 0.3) is 0 Å². The van der Waals surface area contributed by atoms with E-state index < -0.39 is 5.23 Å². The second-order valence-corrected chi connectivity index (χ2v) is 2.00. The van der Waals surface area contributed by atoms with Crippen LogP contribution in [-0.2, 0) is 0 Å². The van der Waals surface area contributed by atoms with Crippen molar-refractivity contribution in [2.24, 2.45) is 0 Å². The van der Waals surface area contributed by atoms with Gasteiger partial charge >= 0.3 is 0 Å². The molecular formula is C6H8N2O2. The molecule has 0 saturated heterocycles. The second kappa shape index (κ2) is 2.74. The third kappa shape index (κ3) is 1.30. The molecular weight excluding hydrogens is 132 g/mol. The predicted octanol–water partition coefficient (Wildman–Crippen LogP) is -0.207. The van der Waals surface area contributed by atoms with Gasteiger partial charge < -0.3 is 5.21 Å². The maximum atomic E-state index is 10.4. The number of aromatic nitrogens is 1. The molecule has 10 heavy (non-hydrogen) atoms. The summed E-state index contributed by atoms with van der Waals surface area (Å²) in [4.78, 5) is 3.76. The van der Waals surface area contributed by atoms with E-state index >= 15 is 0 Å². The van der Waals surface area contributed by atoms with Gasteiger partial charge in [-0.2, -0.15) is 5.23 Å². The minimum Gasteiger partial charge on any atom is -0.595 e. The van der Waals surface area contributed by atoms with Crippen molar-refractivity contribution < 1.29 is 10.4 Å². The van der Waals surface area contributed by atoms with Crippen molar-refractivity contribution in [2.75, 3.05) is 0 Å². The van der Waals surface area contributed by atoms with E-state index in [1.54, 1.807) is 6.92 Å². The van der Waals surface area contributed by atoms with Gasteiger partial charge in [-0.15, -0.1) is 0 Å². The fraction of sp³-hybridized carbons (Fsp3) is 0.167. The Morgan fingerprint density at radius 2 is 2.40 bits per heavy atom. The van der Waals surface area contributed by atoms with Crippen molar-refractivity contribution in [2.45, 2.75) is 6.92 Å². The minimum absolute atomic E-state index is 0.315. The lowest BCUT2D eigenvalue weighted by Gasteiger charge is -2.12. The van der Waals surface area contributed by atoms with Gasteiger partial charge in [-0.3, -0.25) is 4.98 Å². The Morgan fingerprint density at radius 3 is 2.80 bits per heavy atom. The summed E-state index contributed by atoms with van der Waals surface area (Å²) in [6, 6.07) is 1.48. The topological polar surface area (TPSA) is 60.6 Å². The van der Waals surface area contributed by atoms with Crippen LogP contribution in [0.3, 0.4) is 0 Å². The zero-order chi connectivity index (χ0) is 7.56. The van der Waals surface area contributed by atoms with Crippen molar-refractivity contribution in [3.8, 4) is 0 Å². The Balaban J connectivity index is 3.03. The summed E-state index contributed by atoms with van der Waals surface area (Å²) in [5.41, 5.74) is 1.00. The molecule has 0 aliphatic carbocycles. The Morgan fingerprint density at radius 1 is 1.70 bits per heavy atom. The van der Waals surface area contributed by atoms with Crippen LogP contribution in [0.4, 0.5) is 5.69 Å². The van der Waals surface area contributed by atoms with Gasteiger partial charge in [-0.05, 0) is 6.92 Å². The van der Waals surface area contributed by atoms with Gasteiger partial charge in [-0.25, -0.2) is 5.21 Å². The largest absolute Gasteiger partial charge is 0.595 e. The number of pyridine rings is 1. The molecule has 1 unspecified atom stereocenters. The van der Waals surface area contributed by atoms with E-state index in [2.05, 4.69) is 4.98 Å². The van der Waals surface area contributed by atoms with Crippen molar-refractivity contribution >= 4 is 5.69 Å². The zero-order valence-electron chi connectivity index (χ0n) is 5.53. The Bertz CT molecular complexity index is 225. The lowest BCUT2D eigenvalue weighted by atomic mass is 10.3. The smallest absolute Gasteiger partial charge is 0.169 e. The monoisotopic (exact) mass is 140 g/mol. The normalized spacial score (nSPS) is 13.1. The molecule has 1 rings (SSSR count). The van der Waals surface area contributed by atoms with Crippen LogP contribution < -0.4 is 5.23 Å². The first-order chi connectivity index (χ1) is 4.72. The van der Waals surface area contributed by atoms with E-state index in [0.717, 1.165) is 0 Å². The maximum absolute atomic E-state index is 10.4. The van der Waals surface area contributed by atoms with E-state index in [1.165, 1.54) is 18.5 Å². The van der Waals surface area contributed by atoms with Gasteiger partial charge in [-0.1, -0.05) is 0 Å². The second-order valence-electron chi connectivity index (χ2n) is 2.00. The van der Waals surface area contributed by atoms with E-state index in [4.69, 9.17) is 5.21 Å². The van der Waals surface area contributed by atoms with E-state index in [9.17, 15) is 5.21 Å². The van der Waals surface area contributed by atoms with E-state index in [0.29, 0.717) is 11.3 Å². The number of hydrogen-bond donors (Lipinski definition) is 2. The lowest BCUT2D eigenvalue weighted by Crippen LogP contribution is -2.99. The Hall–Kier alpha value is -0.970. The molecule has 1 atom stereocenters. The molecule has 0 bridgehead atoms. The lowest BCUT2D eigenvalue weighted by molar-refractivity contribution is -0.991. The summed E-state index contributed by atoms with van der Waals surface area (Å²) in [6.07, 6.45) is 3.00. The predicted molar refractivity (Wildman–Crippen MR) is 34.8 cm³/mol. The quantitative estimate of drug-likeness (QED) is 0.531. The van der Waals surface area contributed by atoms with Gasteiger partial charge in [0, 0.05) is 24.0 Å². The summed E-state index contributed by atoms with van der Waals surface area (Å²) >= 11 is 0. The molecule has 2 N–H and O–H groups in total. The van der Waals surface area contributed by atoms with Crippen molar-refractivity contribution in [3.63, 3.8) is 0 Å². The van der Waals surface area contributed by atoms with E-state index in [-0.39, 0.29) is 0 Å². The van der Waals surface area contributed by atoms with Crippen molar-refractivity contribution in [3.05, 3.63) is 29.2 Å². The Kier molecular flexibility index (Phi) is 1.96. The highest BCUT2D eigenvalue weighted by Gasteiger charge is 2.01. The fourth-order valence-corrected chi connectivity index (χ4v) is 0.713. The van der Waals surface area contributed by atoms with Gasteiger partial charge in [0.1, 0.15) is 0 Å². The number of hydrogen-bond acceptors (Lipinski definition) is 3. The minimum atomic E-state index is -0.903. The van der Waals surface area contributed by atoms with Crippen molar-refractivity contribution in [1.82, 2.24) is 4.98 Å². The molecule has 0 aliphatic heterocycles. The maximum Gasteiger partial charge on any atom is 0.169 e. The summed E-state index contributed by atoms with van der Waals surface area (Å²) < 4.78 is 0. The number of nitrogens with zero attached hydrogens (tertiary/aromatic N) is 1. The van der Waals surface area contributed by atoms with E-state index in [1.807, 2.05) is 0 Å². The summed E-state index contributed by atoms with van der Waals surface area (Å²) in [6.45, 7) is 1.72. The highest BCUT2D eigenvalue weighted by atomic mass is 16.8. The molecule has 0 saturated carbocycles. The highest BCUT2D eigenvalue weighted by Crippen LogP contribution is 2.04. The molecule has 0 fully saturated rings. The average Bonchev–Trinajstić information content (AvgIpc) is 1.88. The zero-order valence-corrected chi connectivity index (χ0v) is 5.53. The summed E-state index contributed by atoms with van der Waals surface area (Å²) in [5, 5.41) is 18.0. The van der Waals surface area contributed by atoms with Crippen LogP contribution in [0.15, 0.2) is 18.5 Å². The molecule has 0 radical (unpaired) electrons. The van der Waals surface area contributed by atoms with Crippen LogP contribution in [0.1, 0.15) is 5.56 Å². The molecule has 0 aliphatic rings. The molecule has 1 aromatic rings. The summed E-state index contributed by atoms with van der Waals surface area (Å²) in [5.74, 6) is 0. The van der Waals surface area contributed by atoms with Crippen LogP contribution in [0.5, 0.6) is 0 Å². The van der Waals surface area contributed by atoms with Crippen LogP contribution in [0.2, 0.25) is 0 Å². The van der Waals surface area contributed by atoms with Gasteiger partial charge in [0.2, 0.25) is 0 Å². The number of aryl methyl sites for hydroxylation is 1. The van der Waals surface area contributed by atoms with Gasteiger partial charge in [0.05, 0.1) is 0 Å². The first kappa shape index (κ1) is 7.14. The molecule has 54 valence electrons. The third-order valence-corrected chi connectivity index (χ3v) is 1.25. The molecule has 0 amide bonds. The summed E-state index contributed by atoms with van der Waals surface area (Å²) in [7, 11) is 0. The molecule has 0 aromatic carbocycles. The first-order valence-electron chi connectivity index (χ1n) is 2.85. The van der Waals surface area contributed by atoms with Crippen LogP contribution in [0, 0.1) is 12.1 Å². The van der Waals surface area contributed by atoms with Crippen LogP contribution >= 0.6 is 0 Å². The number of rotatable bonds is 1. The Labute approximate surface area is 58.3 Å². The van der Waals surface area contributed by atoms with Crippen molar-refractivity contribution in [1.29, 1.82) is 0 Å². The first-order valence-corrected chi connectivity index (χ1v) is 2.85. The standard InChI is InChI=1S/C6H8N2O2/c1-5-4-7-3-2-6(5)8(9)10/h2-4,8-9H,1H3. The number of nitrogens with one attached hydrogen (secondary N) is 1. The molecule has 4 heteroatoms. The van der Waals surface area contributed by atoms with Crippen LogP contribution in [-0.4, -0.2) is 10.2 Å². The molecule has 4 nitrogen and oxygen atoms in total. The number of quaternary nitrogens is 1. The van der Waals surface area contributed by atoms with Gasteiger partial charge in [0.25, 0.3) is 0 Å². The fourth-order valence-electron chi connectivity index (χ4n) is 0.713. The molecule has 1 aromatic heterocycles. The van der Waals surface area contributed by atoms with Gasteiger partial charge in [0.15, 0.2) is 5.69 Å². The molecule has 1 heterocycles. The average molecular weight is 140 g/mol.